The molecular weight excluding hydrogens is 400 g/mol. The largest absolute Gasteiger partial charge is 0.337 e. The quantitative estimate of drug-likeness (QED) is 0.679. The maximum atomic E-state index is 14.1. The van der Waals surface area contributed by atoms with E-state index in [0.717, 1.165) is 24.8 Å². The minimum Gasteiger partial charge on any atom is -0.337 e. The Morgan fingerprint density at radius 3 is 2.16 bits per heavy atom. The van der Waals surface area contributed by atoms with Gasteiger partial charge in [0.2, 0.25) is 5.91 Å². The Labute approximate surface area is 189 Å². The number of fused-ring (bicyclic) bond motifs is 3. The van der Waals surface area contributed by atoms with Gasteiger partial charge in [0.05, 0.1) is 11.1 Å². The predicted molar refractivity (Wildman–Crippen MR) is 122 cm³/mol. The maximum absolute atomic E-state index is 14.1. The Balaban J connectivity index is 1.51. The molecule has 2 heterocycles. The van der Waals surface area contributed by atoms with Crippen molar-refractivity contribution in [3.8, 4) is 0 Å². The zero-order valence-electron chi connectivity index (χ0n) is 19.0. The molecule has 5 heteroatoms. The molecule has 3 atom stereocenters. The van der Waals surface area contributed by atoms with Gasteiger partial charge >= 0.3 is 0 Å². The summed E-state index contributed by atoms with van der Waals surface area (Å²) in [6, 6.07) is 15.9. The summed E-state index contributed by atoms with van der Waals surface area (Å²) in [5.74, 6) is -0.836. The smallest absolute Gasteiger partial charge is 0.262 e. The van der Waals surface area contributed by atoms with Crippen molar-refractivity contribution >= 4 is 17.7 Å². The SMILES string of the molecule is CC1(C)C[C@H]2C[C@](C)(CN2C(=O)[C@H](Cc2ccccc2)N2C(=O)c3ccccc3C2=O)C1. The molecule has 0 aromatic heterocycles. The third kappa shape index (κ3) is 3.44. The molecular formula is C27H30N2O3. The van der Waals surface area contributed by atoms with E-state index in [0.29, 0.717) is 24.1 Å². The van der Waals surface area contributed by atoms with Gasteiger partial charge in [-0.15, -0.1) is 0 Å². The van der Waals surface area contributed by atoms with Crippen molar-refractivity contribution < 1.29 is 14.4 Å². The number of amides is 3. The van der Waals surface area contributed by atoms with Gasteiger partial charge in [-0.1, -0.05) is 63.2 Å². The van der Waals surface area contributed by atoms with Gasteiger partial charge < -0.3 is 4.90 Å². The highest BCUT2D eigenvalue weighted by Gasteiger charge is 2.53. The first-order valence-electron chi connectivity index (χ1n) is 11.5. The third-order valence-electron chi connectivity index (χ3n) is 7.39. The second kappa shape index (κ2) is 7.29. The van der Waals surface area contributed by atoms with Gasteiger partial charge in [-0.25, -0.2) is 0 Å². The fourth-order valence-electron chi connectivity index (χ4n) is 6.53. The summed E-state index contributed by atoms with van der Waals surface area (Å²) in [5.41, 5.74) is 1.97. The van der Waals surface area contributed by atoms with Gasteiger partial charge in [-0.2, -0.15) is 0 Å². The van der Waals surface area contributed by atoms with Crippen molar-refractivity contribution in [2.45, 2.75) is 58.5 Å². The van der Waals surface area contributed by atoms with Crippen LogP contribution in [0.5, 0.6) is 0 Å². The van der Waals surface area contributed by atoms with Gasteiger partial charge in [-0.05, 0) is 47.8 Å². The summed E-state index contributed by atoms with van der Waals surface area (Å²) in [6.07, 6.45) is 3.35. The second-order valence-corrected chi connectivity index (χ2v) is 10.9. The van der Waals surface area contributed by atoms with Crippen molar-refractivity contribution in [3.05, 3.63) is 71.3 Å². The van der Waals surface area contributed by atoms with Crippen LogP contribution in [0.2, 0.25) is 0 Å². The summed E-state index contributed by atoms with van der Waals surface area (Å²) in [6.45, 7) is 7.50. The normalized spacial score (nSPS) is 26.9. The summed E-state index contributed by atoms with van der Waals surface area (Å²) in [4.78, 5) is 43.8. The summed E-state index contributed by atoms with van der Waals surface area (Å²) < 4.78 is 0. The van der Waals surface area contributed by atoms with E-state index >= 15 is 0 Å². The highest BCUT2D eigenvalue weighted by atomic mass is 16.2. The zero-order chi connectivity index (χ0) is 22.7. The molecule has 5 rings (SSSR count). The van der Waals surface area contributed by atoms with Crippen LogP contribution in [-0.4, -0.2) is 46.1 Å². The molecule has 2 aromatic carbocycles. The molecule has 1 saturated heterocycles. The monoisotopic (exact) mass is 430 g/mol. The van der Waals surface area contributed by atoms with Crippen LogP contribution < -0.4 is 0 Å². The number of imide groups is 1. The molecule has 32 heavy (non-hydrogen) atoms. The van der Waals surface area contributed by atoms with Crippen molar-refractivity contribution in [2.24, 2.45) is 10.8 Å². The lowest BCUT2D eigenvalue weighted by molar-refractivity contribution is -0.136. The molecule has 166 valence electrons. The van der Waals surface area contributed by atoms with E-state index in [4.69, 9.17) is 0 Å². The van der Waals surface area contributed by atoms with Gasteiger partial charge in [0.1, 0.15) is 6.04 Å². The molecule has 5 nitrogen and oxygen atoms in total. The fourth-order valence-corrected chi connectivity index (χ4v) is 6.53. The van der Waals surface area contributed by atoms with E-state index in [-0.39, 0.29) is 34.6 Å². The van der Waals surface area contributed by atoms with Crippen LogP contribution in [0.3, 0.4) is 0 Å². The molecule has 2 bridgehead atoms. The topological polar surface area (TPSA) is 57.7 Å². The molecule has 0 unspecified atom stereocenters. The van der Waals surface area contributed by atoms with Crippen molar-refractivity contribution in [2.75, 3.05) is 6.54 Å². The Morgan fingerprint density at radius 1 is 0.938 bits per heavy atom. The maximum Gasteiger partial charge on any atom is 0.262 e. The van der Waals surface area contributed by atoms with Crippen molar-refractivity contribution in [1.29, 1.82) is 0 Å². The predicted octanol–water partition coefficient (Wildman–Crippen LogP) is 4.32. The average Bonchev–Trinajstić information content (AvgIpc) is 3.15. The number of carbonyl (C=O) groups is 3. The zero-order valence-corrected chi connectivity index (χ0v) is 19.0. The van der Waals surface area contributed by atoms with Crippen LogP contribution in [0.1, 0.15) is 66.3 Å². The molecule has 0 radical (unpaired) electrons. The van der Waals surface area contributed by atoms with Crippen LogP contribution in [0.25, 0.3) is 0 Å². The lowest BCUT2D eigenvalue weighted by Gasteiger charge is -2.39. The van der Waals surface area contributed by atoms with Gasteiger partial charge in [-0.3, -0.25) is 19.3 Å². The van der Waals surface area contributed by atoms with Gasteiger partial charge in [0.25, 0.3) is 11.8 Å². The first-order valence-corrected chi connectivity index (χ1v) is 11.5. The average molecular weight is 431 g/mol. The highest BCUT2D eigenvalue weighted by Crippen LogP contribution is 2.52. The first-order chi connectivity index (χ1) is 15.2. The highest BCUT2D eigenvalue weighted by molar-refractivity contribution is 6.22. The minimum absolute atomic E-state index is 0.0847. The number of benzene rings is 2. The molecule has 2 aromatic rings. The van der Waals surface area contributed by atoms with Gasteiger partial charge in [0.15, 0.2) is 0 Å². The Bertz CT molecular complexity index is 1060. The number of rotatable bonds is 4. The molecule has 0 N–H and O–H groups in total. The van der Waals surface area contributed by atoms with E-state index in [9.17, 15) is 14.4 Å². The number of carbonyl (C=O) groups excluding carboxylic acids is 3. The summed E-state index contributed by atoms with van der Waals surface area (Å²) >= 11 is 0. The summed E-state index contributed by atoms with van der Waals surface area (Å²) in [5, 5.41) is 0. The molecule has 3 amide bonds. The van der Waals surface area contributed by atoms with Crippen LogP contribution >= 0.6 is 0 Å². The lowest BCUT2D eigenvalue weighted by atomic mass is 9.65. The van der Waals surface area contributed by atoms with E-state index in [1.807, 2.05) is 35.2 Å². The standard InChI is InChI=1S/C27H30N2O3/c1-26(2)14-19-15-27(3,16-26)17-28(19)25(32)22(13-18-9-5-4-6-10-18)29-23(30)20-11-7-8-12-21(20)24(29)31/h4-12,19,22H,13-17H2,1-3H3/t19-,22-,27-/m0/s1. The molecule has 1 saturated carbocycles. The number of hydrogen-bond donors (Lipinski definition) is 0. The van der Waals surface area contributed by atoms with Crippen molar-refractivity contribution in [1.82, 2.24) is 9.80 Å². The number of likely N-dealkylation sites (tertiary alicyclic amines) is 1. The van der Waals surface area contributed by atoms with E-state index < -0.39 is 6.04 Å². The lowest BCUT2D eigenvalue weighted by Crippen LogP contribution is -2.53. The van der Waals surface area contributed by atoms with Crippen molar-refractivity contribution in [3.63, 3.8) is 0 Å². The third-order valence-corrected chi connectivity index (χ3v) is 7.39. The van der Waals surface area contributed by atoms with E-state index in [2.05, 4.69) is 20.8 Å². The van der Waals surface area contributed by atoms with Crippen LogP contribution in [0, 0.1) is 10.8 Å². The molecule has 0 spiro atoms. The molecule has 3 aliphatic rings. The minimum atomic E-state index is -0.837. The van der Waals surface area contributed by atoms with E-state index in [1.165, 1.54) is 4.90 Å². The number of nitrogens with zero attached hydrogens (tertiary/aromatic N) is 2. The molecule has 2 fully saturated rings. The van der Waals surface area contributed by atoms with Crippen LogP contribution in [0.15, 0.2) is 54.6 Å². The number of hydrogen-bond acceptors (Lipinski definition) is 3. The first kappa shape index (κ1) is 20.9. The molecule has 1 aliphatic carbocycles. The summed E-state index contributed by atoms with van der Waals surface area (Å²) in [7, 11) is 0. The fraction of sp³-hybridized carbons (Fsp3) is 0.444. The Hall–Kier alpha value is -2.95. The van der Waals surface area contributed by atoms with E-state index in [1.54, 1.807) is 24.3 Å². The Morgan fingerprint density at radius 2 is 1.53 bits per heavy atom. The van der Waals surface area contributed by atoms with Crippen LogP contribution in [0.4, 0.5) is 0 Å². The molecule has 2 aliphatic heterocycles. The second-order valence-electron chi connectivity index (χ2n) is 10.9. The Kier molecular flexibility index (Phi) is 4.77. The van der Waals surface area contributed by atoms with Crippen LogP contribution in [-0.2, 0) is 11.2 Å². The van der Waals surface area contributed by atoms with Gasteiger partial charge in [0, 0.05) is 19.0 Å².